The number of carbonyl (C=O) groups excluding carboxylic acids is 1. The highest BCUT2D eigenvalue weighted by atomic mass is 35.5. The second-order valence-electron chi connectivity index (χ2n) is 4.39. The largest absolute Gasteiger partial charge is 0.395 e. The van der Waals surface area contributed by atoms with Gasteiger partial charge >= 0.3 is 0 Å². The van der Waals surface area contributed by atoms with Gasteiger partial charge in [0.2, 0.25) is 0 Å². The maximum atomic E-state index is 12.1. The Kier molecular flexibility index (Phi) is 6.03. The molecule has 0 aliphatic carbocycles. The Hall–Kier alpha value is -1.58. The predicted octanol–water partition coefficient (Wildman–Crippen LogP) is 1.43. The molecule has 5 nitrogen and oxygen atoms in total. The summed E-state index contributed by atoms with van der Waals surface area (Å²) in [5, 5.41) is 12.0. The van der Waals surface area contributed by atoms with E-state index >= 15 is 0 Å². The Balaban J connectivity index is 2.12. The minimum atomic E-state index is -0.629. The van der Waals surface area contributed by atoms with Crippen molar-refractivity contribution < 1.29 is 19.4 Å². The Morgan fingerprint density at radius 2 is 2.33 bits per heavy atom. The summed E-state index contributed by atoms with van der Waals surface area (Å²) < 4.78 is 10.5. The SMILES string of the molecule is O=C(Nc1cc(Cl)ccc1C#CCCO)C1COCCO1. The van der Waals surface area contributed by atoms with Crippen molar-refractivity contribution in [2.24, 2.45) is 0 Å². The van der Waals surface area contributed by atoms with E-state index in [-0.39, 0.29) is 19.1 Å². The summed E-state index contributed by atoms with van der Waals surface area (Å²) >= 11 is 5.95. The maximum Gasteiger partial charge on any atom is 0.255 e. The fourth-order valence-corrected chi connectivity index (χ4v) is 1.97. The molecule has 1 saturated heterocycles. The first kappa shape index (κ1) is 15.8. The second-order valence-corrected chi connectivity index (χ2v) is 4.83. The van der Waals surface area contributed by atoms with Crippen LogP contribution in [0.2, 0.25) is 5.02 Å². The van der Waals surface area contributed by atoms with E-state index in [1.807, 2.05) is 0 Å². The van der Waals surface area contributed by atoms with Crippen LogP contribution in [0.3, 0.4) is 0 Å². The lowest BCUT2D eigenvalue weighted by molar-refractivity contribution is -0.142. The number of halogens is 1. The summed E-state index contributed by atoms with van der Waals surface area (Å²) in [6.45, 7) is 1.13. The first-order chi connectivity index (χ1) is 10.2. The molecule has 2 rings (SSSR count). The van der Waals surface area contributed by atoms with Gasteiger partial charge in [-0.3, -0.25) is 4.79 Å². The minimum absolute atomic E-state index is 0.00443. The van der Waals surface area contributed by atoms with Crippen LogP contribution in [0.4, 0.5) is 5.69 Å². The monoisotopic (exact) mass is 309 g/mol. The van der Waals surface area contributed by atoms with E-state index in [0.717, 1.165) is 0 Å². The zero-order chi connectivity index (χ0) is 15.1. The minimum Gasteiger partial charge on any atom is -0.395 e. The second kappa shape index (κ2) is 8.01. The number of ether oxygens (including phenoxy) is 2. The third kappa shape index (κ3) is 4.73. The van der Waals surface area contributed by atoms with Crippen LogP contribution in [0.1, 0.15) is 12.0 Å². The van der Waals surface area contributed by atoms with Crippen LogP contribution >= 0.6 is 11.6 Å². The molecule has 0 aromatic heterocycles. The number of nitrogens with one attached hydrogen (secondary N) is 1. The molecular formula is C15H16ClNO4. The number of benzene rings is 1. The lowest BCUT2D eigenvalue weighted by Crippen LogP contribution is -2.39. The molecule has 1 unspecified atom stereocenters. The van der Waals surface area contributed by atoms with E-state index in [4.69, 9.17) is 26.2 Å². The molecule has 1 aromatic carbocycles. The Labute approximate surface area is 128 Å². The Bertz CT molecular complexity index is 559. The van der Waals surface area contributed by atoms with Gasteiger partial charge in [-0.05, 0) is 18.2 Å². The van der Waals surface area contributed by atoms with Crippen LogP contribution < -0.4 is 5.32 Å². The van der Waals surface area contributed by atoms with Crippen molar-refractivity contribution in [1.82, 2.24) is 0 Å². The Morgan fingerprint density at radius 3 is 3.05 bits per heavy atom. The van der Waals surface area contributed by atoms with Gasteiger partial charge in [-0.1, -0.05) is 23.4 Å². The lowest BCUT2D eigenvalue weighted by atomic mass is 10.1. The molecule has 1 heterocycles. The molecule has 2 N–H and O–H groups in total. The van der Waals surface area contributed by atoms with Crippen LogP contribution in [0.25, 0.3) is 0 Å². The molecule has 21 heavy (non-hydrogen) atoms. The van der Waals surface area contributed by atoms with E-state index < -0.39 is 6.10 Å². The average Bonchev–Trinajstić information content (AvgIpc) is 2.50. The molecule has 1 aromatic rings. The van der Waals surface area contributed by atoms with Crippen molar-refractivity contribution in [3.8, 4) is 11.8 Å². The zero-order valence-corrected chi connectivity index (χ0v) is 12.2. The summed E-state index contributed by atoms with van der Waals surface area (Å²) in [6.07, 6.45) is -0.258. The number of hydrogen-bond acceptors (Lipinski definition) is 4. The lowest BCUT2D eigenvalue weighted by Gasteiger charge is -2.22. The summed E-state index contributed by atoms with van der Waals surface area (Å²) in [5.41, 5.74) is 1.16. The van der Waals surface area contributed by atoms with E-state index in [0.29, 0.717) is 35.9 Å². The standard InChI is InChI=1S/C15H16ClNO4/c16-12-5-4-11(3-1-2-6-18)13(9-12)17-15(19)14-10-20-7-8-21-14/h4-5,9,14,18H,2,6-8,10H2,(H,17,19). The molecule has 1 fully saturated rings. The van der Waals surface area contributed by atoms with Gasteiger partial charge in [0.15, 0.2) is 6.10 Å². The van der Waals surface area contributed by atoms with E-state index in [1.54, 1.807) is 18.2 Å². The molecule has 1 aliphatic heterocycles. The zero-order valence-electron chi connectivity index (χ0n) is 11.4. The van der Waals surface area contributed by atoms with Crippen LogP contribution in [-0.4, -0.2) is 43.5 Å². The molecule has 0 saturated carbocycles. The predicted molar refractivity (Wildman–Crippen MR) is 79.2 cm³/mol. The number of amides is 1. The summed E-state index contributed by atoms with van der Waals surface area (Å²) in [4.78, 5) is 12.1. The number of carbonyl (C=O) groups is 1. The number of hydrogen-bond donors (Lipinski definition) is 2. The van der Waals surface area contributed by atoms with Crippen molar-refractivity contribution >= 4 is 23.2 Å². The third-order valence-corrected chi connectivity index (χ3v) is 3.04. The first-order valence-electron chi connectivity index (χ1n) is 6.60. The summed E-state index contributed by atoms with van der Waals surface area (Å²) in [7, 11) is 0. The van der Waals surface area contributed by atoms with Gasteiger partial charge in [-0.15, -0.1) is 0 Å². The van der Waals surface area contributed by atoms with Crippen LogP contribution in [0.15, 0.2) is 18.2 Å². The fraction of sp³-hybridized carbons (Fsp3) is 0.400. The van der Waals surface area contributed by atoms with Crippen molar-refractivity contribution in [3.05, 3.63) is 28.8 Å². The molecule has 0 radical (unpaired) electrons. The van der Waals surface area contributed by atoms with Gasteiger partial charge in [0, 0.05) is 17.0 Å². The molecule has 6 heteroatoms. The highest BCUT2D eigenvalue weighted by Crippen LogP contribution is 2.21. The quantitative estimate of drug-likeness (QED) is 0.829. The molecule has 0 bridgehead atoms. The topological polar surface area (TPSA) is 67.8 Å². The first-order valence-corrected chi connectivity index (χ1v) is 6.98. The van der Waals surface area contributed by atoms with Crippen LogP contribution in [0.5, 0.6) is 0 Å². The number of rotatable bonds is 3. The van der Waals surface area contributed by atoms with Crippen LogP contribution in [-0.2, 0) is 14.3 Å². The number of aliphatic hydroxyl groups is 1. The van der Waals surface area contributed by atoms with Gasteiger partial charge in [-0.2, -0.15) is 0 Å². The van der Waals surface area contributed by atoms with Gasteiger partial charge in [0.05, 0.1) is 32.1 Å². The average molecular weight is 310 g/mol. The fourth-order valence-electron chi connectivity index (χ4n) is 1.79. The van der Waals surface area contributed by atoms with Crippen molar-refractivity contribution in [2.45, 2.75) is 12.5 Å². The normalized spacial score (nSPS) is 17.7. The maximum absolute atomic E-state index is 12.1. The molecule has 0 spiro atoms. The molecule has 1 atom stereocenters. The molecule has 112 valence electrons. The van der Waals surface area contributed by atoms with E-state index in [9.17, 15) is 4.79 Å². The highest BCUT2D eigenvalue weighted by Gasteiger charge is 2.23. The number of anilines is 1. The van der Waals surface area contributed by atoms with Crippen molar-refractivity contribution in [2.75, 3.05) is 31.7 Å². The molecule has 1 aliphatic rings. The number of aliphatic hydroxyl groups excluding tert-OH is 1. The van der Waals surface area contributed by atoms with Gasteiger partial charge < -0.3 is 19.9 Å². The van der Waals surface area contributed by atoms with E-state index in [1.165, 1.54) is 0 Å². The Morgan fingerprint density at radius 1 is 1.48 bits per heavy atom. The van der Waals surface area contributed by atoms with Gasteiger partial charge in [-0.25, -0.2) is 0 Å². The van der Waals surface area contributed by atoms with E-state index in [2.05, 4.69) is 17.2 Å². The molecular weight excluding hydrogens is 294 g/mol. The smallest absolute Gasteiger partial charge is 0.255 e. The van der Waals surface area contributed by atoms with Crippen LogP contribution in [0, 0.1) is 11.8 Å². The van der Waals surface area contributed by atoms with Crippen molar-refractivity contribution in [3.63, 3.8) is 0 Å². The van der Waals surface area contributed by atoms with Gasteiger partial charge in [0.1, 0.15) is 0 Å². The highest BCUT2D eigenvalue weighted by molar-refractivity contribution is 6.31. The molecule has 1 amide bonds. The van der Waals surface area contributed by atoms with Gasteiger partial charge in [0.25, 0.3) is 5.91 Å². The summed E-state index contributed by atoms with van der Waals surface area (Å²) in [6, 6.07) is 5.05. The van der Waals surface area contributed by atoms with Crippen molar-refractivity contribution in [1.29, 1.82) is 0 Å². The summed E-state index contributed by atoms with van der Waals surface area (Å²) in [5.74, 6) is 5.42. The third-order valence-electron chi connectivity index (χ3n) is 2.81.